The Balaban J connectivity index is 2.34. The number of nitrogens with one attached hydrogen (secondary N) is 1. The summed E-state index contributed by atoms with van der Waals surface area (Å²) in [4.78, 5) is 21.8. The second-order valence-electron chi connectivity index (χ2n) is 6.88. The molecule has 6 nitrogen and oxygen atoms in total. The maximum Gasteiger partial charge on any atom is 0.237 e. The molecule has 22 heavy (non-hydrogen) atoms. The zero-order valence-corrected chi connectivity index (χ0v) is 14.6. The molecule has 1 fully saturated rings. The lowest BCUT2D eigenvalue weighted by molar-refractivity contribution is -0.123. The Morgan fingerprint density at radius 2 is 1.91 bits per heavy atom. The van der Waals surface area contributed by atoms with Gasteiger partial charge in [-0.25, -0.2) is 0 Å². The second-order valence-corrected chi connectivity index (χ2v) is 9.31. The van der Waals surface area contributed by atoms with Gasteiger partial charge >= 0.3 is 0 Å². The van der Waals surface area contributed by atoms with Crippen molar-refractivity contribution in [2.24, 2.45) is 17.6 Å². The quantitative estimate of drug-likeness (QED) is 0.500. The van der Waals surface area contributed by atoms with Gasteiger partial charge in [0.05, 0.1) is 18.3 Å². The fourth-order valence-corrected chi connectivity index (χ4v) is 4.99. The third-order valence-corrected chi connectivity index (χ3v) is 6.38. The molecule has 0 aromatic heterocycles. The van der Waals surface area contributed by atoms with Gasteiger partial charge in [0.1, 0.15) is 0 Å². The lowest BCUT2D eigenvalue weighted by Crippen LogP contribution is -2.46. The van der Waals surface area contributed by atoms with E-state index in [2.05, 4.69) is 5.32 Å². The first-order chi connectivity index (χ1) is 10.2. The minimum atomic E-state index is -3.35. The van der Waals surface area contributed by atoms with Gasteiger partial charge < -0.3 is 21.1 Å². The molecule has 1 aliphatic carbocycles. The second kappa shape index (κ2) is 9.02. The van der Waals surface area contributed by atoms with Crippen molar-refractivity contribution >= 4 is 13.3 Å². The van der Waals surface area contributed by atoms with Crippen LogP contribution < -0.4 is 11.1 Å². The molecule has 0 heterocycles. The molecule has 0 spiro atoms. The minimum Gasteiger partial charge on any atom is -0.391 e. The van der Waals surface area contributed by atoms with Gasteiger partial charge in [-0.1, -0.05) is 33.1 Å². The van der Waals surface area contributed by atoms with Crippen molar-refractivity contribution in [3.63, 3.8) is 0 Å². The number of hydrogen-bond donors (Lipinski definition) is 4. The van der Waals surface area contributed by atoms with Crippen LogP contribution in [0.25, 0.3) is 0 Å². The molecule has 0 aromatic rings. The number of amides is 1. The highest BCUT2D eigenvalue weighted by molar-refractivity contribution is 7.58. The Bertz CT molecular complexity index is 397. The Morgan fingerprint density at radius 3 is 2.45 bits per heavy atom. The SMILES string of the molecule is CC(C)C(N)C(=O)NCC(O)CP(=O)(O)CC1CCCCC1. The minimum absolute atomic E-state index is 0.00684. The van der Waals surface area contributed by atoms with Gasteiger partial charge in [-0.2, -0.15) is 0 Å². The van der Waals surface area contributed by atoms with Crippen LogP contribution >= 0.6 is 7.37 Å². The molecule has 1 amide bonds. The molecule has 1 saturated carbocycles. The highest BCUT2D eigenvalue weighted by atomic mass is 31.2. The standard InChI is InChI=1S/C15H31N2O4P/c1-11(2)14(16)15(19)17-8-13(18)10-22(20,21)9-12-6-4-3-5-7-12/h11-14,18H,3-10,16H2,1-2H3,(H,17,19)(H,20,21). The lowest BCUT2D eigenvalue weighted by Gasteiger charge is -2.25. The van der Waals surface area contributed by atoms with E-state index in [1.807, 2.05) is 13.8 Å². The monoisotopic (exact) mass is 334 g/mol. The van der Waals surface area contributed by atoms with Gasteiger partial charge in [0.2, 0.25) is 13.3 Å². The van der Waals surface area contributed by atoms with Crippen molar-refractivity contribution in [2.75, 3.05) is 18.9 Å². The van der Waals surface area contributed by atoms with E-state index >= 15 is 0 Å². The van der Waals surface area contributed by atoms with Crippen molar-refractivity contribution in [1.29, 1.82) is 0 Å². The van der Waals surface area contributed by atoms with Crippen molar-refractivity contribution in [3.8, 4) is 0 Å². The number of aliphatic hydroxyl groups excluding tert-OH is 1. The van der Waals surface area contributed by atoms with Gasteiger partial charge in [0, 0.05) is 12.7 Å². The molecule has 0 radical (unpaired) electrons. The normalized spacial score (nSPS) is 22.1. The van der Waals surface area contributed by atoms with Gasteiger partial charge in [-0.05, 0) is 24.7 Å². The number of rotatable bonds is 8. The van der Waals surface area contributed by atoms with Gasteiger partial charge in [-0.3, -0.25) is 9.36 Å². The summed E-state index contributed by atoms with van der Waals surface area (Å²) < 4.78 is 12.2. The van der Waals surface area contributed by atoms with Crippen molar-refractivity contribution in [3.05, 3.63) is 0 Å². The van der Waals surface area contributed by atoms with E-state index in [1.54, 1.807) is 0 Å². The summed E-state index contributed by atoms with van der Waals surface area (Å²) in [6.07, 6.45) is 4.55. The number of nitrogens with two attached hydrogens (primary N) is 1. The summed E-state index contributed by atoms with van der Waals surface area (Å²) in [5.74, 6) is -0.0396. The zero-order chi connectivity index (χ0) is 16.8. The van der Waals surface area contributed by atoms with Crippen molar-refractivity contribution in [1.82, 2.24) is 5.32 Å². The van der Waals surface area contributed by atoms with E-state index in [0.29, 0.717) is 5.92 Å². The van der Waals surface area contributed by atoms with E-state index in [1.165, 1.54) is 6.42 Å². The van der Waals surface area contributed by atoms with Crippen LogP contribution in [0.2, 0.25) is 0 Å². The van der Waals surface area contributed by atoms with Crippen LogP contribution in [0.4, 0.5) is 0 Å². The predicted octanol–water partition coefficient (Wildman–Crippen LogP) is 1.30. The first-order valence-electron chi connectivity index (χ1n) is 8.23. The highest BCUT2D eigenvalue weighted by Gasteiger charge is 2.28. The predicted molar refractivity (Wildman–Crippen MR) is 88.0 cm³/mol. The van der Waals surface area contributed by atoms with Crippen LogP contribution in [-0.4, -0.2) is 46.9 Å². The summed E-state index contributed by atoms with van der Waals surface area (Å²) in [7, 11) is -3.35. The Morgan fingerprint density at radius 1 is 1.32 bits per heavy atom. The average molecular weight is 334 g/mol. The molecule has 130 valence electrons. The Hall–Kier alpha value is -0.420. The maximum atomic E-state index is 12.2. The maximum absolute atomic E-state index is 12.2. The summed E-state index contributed by atoms with van der Waals surface area (Å²) in [5, 5.41) is 12.4. The number of carbonyl (C=O) groups excluding carboxylic acids is 1. The summed E-state index contributed by atoms with van der Waals surface area (Å²) in [6, 6.07) is -0.629. The van der Waals surface area contributed by atoms with Gasteiger partial charge in [-0.15, -0.1) is 0 Å². The molecule has 7 heteroatoms. The molecule has 1 rings (SSSR count). The van der Waals surface area contributed by atoms with Crippen molar-refractivity contribution < 1.29 is 19.4 Å². The molecule has 1 aliphatic rings. The van der Waals surface area contributed by atoms with Gasteiger partial charge in [0.15, 0.2) is 0 Å². The molecular weight excluding hydrogens is 303 g/mol. The molecule has 5 N–H and O–H groups in total. The highest BCUT2D eigenvalue weighted by Crippen LogP contribution is 2.45. The number of hydrogen-bond acceptors (Lipinski definition) is 4. The number of aliphatic hydroxyl groups is 1. The summed E-state index contributed by atoms with van der Waals surface area (Å²) in [5.41, 5.74) is 5.70. The van der Waals surface area contributed by atoms with Crippen LogP contribution in [-0.2, 0) is 9.36 Å². The van der Waals surface area contributed by atoms with E-state index in [9.17, 15) is 19.4 Å². The fourth-order valence-electron chi connectivity index (χ4n) is 2.88. The van der Waals surface area contributed by atoms with E-state index < -0.39 is 19.5 Å². The molecule has 0 aromatic carbocycles. The van der Waals surface area contributed by atoms with E-state index in [0.717, 1.165) is 25.7 Å². The Kier molecular flexibility index (Phi) is 8.04. The first-order valence-corrected chi connectivity index (χ1v) is 10.3. The fraction of sp³-hybridized carbons (Fsp3) is 0.933. The van der Waals surface area contributed by atoms with E-state index in [-0.39, 0.29) is 30.7 Å². The summed E-state index contributed by atoms with van der Waals surface area (Å²) >= 11 is 0. The van der Waals surface area contributed by atoms with Gasteiger partial charge in [0.25, 0.3) is 0 Å². The molecule has 3 unspecified atom stereocenters. The molecule has 3 atom stereocenters. The largest absolute Gasteiger partial charge is 0.391 e. The first kappa shape index (κ1) is 19.6. The van der Waals surface area contributed by atoms with E-state index in [4.69, 9.17) is 5.73 Å². The smallest absolute Gasteiger partial charge is 0.237 e. The lowest BCUT2D eigenvalue weighted by atomic mass is 9.91. The zero-order valence-electron chi connectivity index (χ0n) is 13.7. The van der Waals surface area contributed by atoms with Crippen LogP contribution in [0.5, 0.6) is 0 Å². The third kappa shape index (κ3) is 7.23. The summed E-state index contributed by atoms with van der Waals surface area (Å²) in [6.45, 7) is 3.65. The molecule has 0 aliphatic heterocycles. The van der Waals surface area contributed by atoms with Crippen LogP contribution in [0.15, 0.2) is 0 Å². The Labute approximate surface area is 133 Å². The van der Waals surface area contributed by atoms with Crippen LogP contribution in [0.3, 0.4) is 0 Å². The topological polar surface area (TPSA) is 113 Å². The molecule has 0 bridgehead atoms. The molecule has 0 saturated heterocycles. The van der Waals surface area contributed by atoms with Crippen LogP contribution in [0.1, 0.15) is 46.0 Å². The molecular formula is C15H31N2O4P. The van der Waals surface area contributed by atoms with Crippen molar-refractivity contribution in [2.45, 2.75) is 58.1 Å². The van der Waals surface area contributed by atoms with Crippen LogP contribution in [0, 0.1) is 11.8 Å². The average Bonchev–Trinajstić information content (AvgIpc) is 2.43. The third-order valence-electron chi connectivity index (χ3n) is 4.30. The number of carbonyl (C=O) groups is 1.